The van der Waals surface area contributed by atoms with E-state index in [4.69, 9.17) is 4.74 Å². The van der Waals surface area contributed by atoms with Gasteiger partial charge in [0.1, 0.15) is 6.54 Å². The molecule has 1 amide bonds. The lowest BCUT2D eigenvalue weighted by molar-refractivity contribution is -0.122. The van der Waals surface area contributed by atoms with Crippen LogP contribution in [-0.4, -0.2) is 53.8 Å². The van der Waals surface area contributed by atoms with Gasteiger partial charge in [-0.2, -0.15) is 0 Å². The summed E-state index contributed by atoms with van der Waals surface area (Å²) in [6, 6.07) is 20.6. The first-order valence-corrected chi connectivity index (χ1v) is 10.3. The van der Waals surface area contributed by atoms with Crippen LogP contribution >= 0.6 is 0 Å². The lowest BCUT2D eigenvalue weighted by Crippen LogP contribution is -2.55. The van der Waals surface area contributed by atoms with Gasteiger partial charge in [0.15, 0.2) is 0 Å². The van der Waals surface area contributed by atoms with Crippen LogP contribution in [0, 0.1) is 0 Å². The number of carbonyl (C=O) groups excluding carboxylic acids is 1. The van der Waals surface area contributed by atoms with Crippen LogP contribution < -0.4 is 5.32 Å². The predicted octanol–water partition coefficient (Wildman–Crippen LogP) is 3.54. The van der Waals surface area contributed by atoms with Gasteiger partial charge in [0.25, 0.3) is 0 Å². The molecule has 1 saturated heterocycles. The van der Waals surface area contributed by atoms with Gasteiger partial charge in [0.05, 0.1) is 13.2 Å². The molecule has 3 aromatic rings. The molecule has 29 heavy (non-hydrogen) atoms. The number of hydrogen-bond donors (Lipinski definition) is 1. The lowest BCUT2D eigenvalue weighted by atomic mass is 10.0. The highest BCUT2D eigenvalue weighted by Gasteiger charge is 2.28. The number of para-hydroxylation sites is 1. The predicted molar refractivity (Wildman–Crippen MR) is 117 cm³/mol. The Kier molecular flexibility index (Phi) is 5.69. The number of nitrogens with zero attached hydrogens (tertiary/aromatic N) is 2. The van der Waals surface area contributed by atoms with Crippen molar-refractivity contribution < 1.29 is 9.53 Å². The Balaban J connectivity index is 1.52. The van der Waals surface area contributed by atoms with Gasteiger partial charge in [0.2, 0.25) is 5.91 Å². The van der Waals surface area contributed by atoms with Gasteiger partial charge in [-0.15, -0.1) is 0 Å². The minimum absolute atomic E-state index is 0.0323. The van der Waals surface area contributed by atoms with Crippen molar-refractivity contribution in [1.82, 2.24) is 14.8 Å². The minimum Gasteiger partial charge on any atom is -0.379 e. The van der Waals surface area contributed by atoms with Crippen molar-refractivity contribution in [3.8, 4) is 11.3 Å². The number of carbonyl (C=O) groups is 1. The van der Waals surface area contributed by atoms with Gasteiger partial charge in [-0.3, -0.25) is 9.69 Å². The Morgan fingerprint density at radius 2 is 1.72 bits per heavy atom. The lowest BCUT2D eigenvalue weighted by Gasteiger charge is -2.40. The zero-order chi connectivity index (χ0) is 20.3. The molecule has 152 valence electrons. The maximum atomic E-state index is 12.9. The fourth-order valence-corrected chi connectivity index (χ4v) is 4.02. The molecule has 1 fully saturated rings. The topological polar surface area (TPSA) is 46.5 Å². The Hall–Kier alpha value is -2.63. The molecule has 5 nitrogen and oxygen atoms in total. The highest BCUT2D eigenvalue weighted by Crippen LogP contribution is 2.28. The van der Waals surface area contributed by atoms with Crippen molar-refractivity contribution in [2.24, 2.45) is 0 Å². The maximum Gasteiger partial charge on any atom is 0.240 e. The van der Waals surface area contributed by atoms with Gasteiger partial charge < -0.3 is 14.6 Å². The van der Waals surface area contributed by atoms with Crippen LogP contribution in [0.3, 0.4) is 0 Å². The number of hydrogen-bond acceptors (Lipinski definition) is 3. The van der Waals surface area contributed by atoms with E-state index < -0.39 is 0 Å². The first-order valence-electron chi connectivity index (χ1n) is 10.3. The minimum atomic E-state index is -0.0968. The standard InChI is InChI=1S/C24H29N3O2/c1-24(2,26-12-14-29-15-13-26)18-25-23(28)17-27-21-11-7-6-10-20(21)16-22(27)19-8-4-3-5-9-19/h3-11,16H,12-15,17-18H2,1-2H3,(H,25,28). The molecule has 4 rings (SSSR count). The maximum absolute atomic E-state index is 12.9. The fraction of sp³-hybridized carbons (Fsp3) is 0.375. The Morgan fingerprint density at radius 1 is 1.03 bits per heavy atom. The average molecular weight is 392 g/mol. The van der Waals surface area contributed by atoms with E-state index in [0.717, 1.165) is 48.5 Å². The number of rotatable bonds is 6. The number of amides is 1. The van der Waals surface area contributed by atoms with Gasteiger partial charge in [0, 0.05) is 41.8 Å². The second-order valence-corrected chi connectivity index (χ2v) is 8.23. The smallest absolute Gasteiger partial charge is 0.240 e. The van der Waals surface area contributed by atoms with E-state index in [-0.39, 0.29) is 11.4 Å². The van der Waals surface area contributed by atoms with Crippen molar-refractivity contribution in [1.29, 1.82) is 0 Å². The third-order valence-corrected chi connectivity index (χ3v) is 5.77. The normalized spacial score (nSPS) is 15.5. The first-order chi connectivity index (χ1) is 14.0. The molecule has 0 radical (unpaired) electrons. The van der Waals surface area contributed by atoms with E-state index in [1.54, 1.807) is 0 Å². The summed E-state index contributed by atoms with van der Waals surface area (Å²) in [6.07, 6.45) is 0. The van der Waals surface area contributed by atoms with Crippen molar-refractivity contribution in [2.45, 2.75) is 25.9 Å². The number of fused-ring (bicyclic) bond motifs is 1. The summed E-state index contributed by atoms with van der Waals surface area (Å²) in [6.45, 7) is 8.60. The average Bonchev–Trinajstić information content (AvgIpc) is 3.12. The first kappa shape index (κ1) is 19.7. The zero-order valence-electron chi connectivity index (χ0n) is 17.2. The molecule has 1 aliphatic rings. The van der Waals surface area contributed by atoms with Crippen molar-refractivity contribution >= 4 is 16.8 Å². The van der Waals surface area contributed by atoms with Crippen LogP contribution in [0.25, 0.3) is 22.2 Å². The van der Waals surface area contributed by atoms with Crippen LogP contribution in [0.5, 0.6) is 0 Å². The summed E-state index contributed by atoms with van der Waals surface area (Å²) in [7, 11) is 0. The van der Waals surface area contributed by atoms with Gasteiger partial charge in [-0.1, -0.05) is 48.5 Å². The molecule has 5 heteroatoms. The van der Waals surface area contributed by atoms with Crippen molar-refractivity contribution in [2.75, 3.05) is 32.8 Å². The molecule has 0 aliphatic carbocycles. The molecule has 2 heterocycles. The van der Waals surface area contributed by atoms with Crippen molar-refractivity contribution in [3.63, 3.8) is 0 Å². The monoisotopic (exact) mass is 391 g/mol. The van der Waals surface area contributed by atoms with Crippen LogP contribution in [-0.2, 0) is 16.1 Å². The number of nitrogens with one attached hydrogen (secondary N) is 1. The van der Waals surface area contributed by atoms with E-state index in [0.29, 0.717) is 13.1 Å². The van der Waals surface area contributed by atoms with E-state index in [1.165, 1.54) is 0 Å². The Bertz CT molecular complexity index is 972. The van der Waals surface area contributed by atoms with Crippen LogP contribution in [0.1, 0.15) is 13.8 Å². The third-order valence-electron chi connectivity index (χ3n) is 5.77. The summed E-state index contributed by atoms with van der Waals surface area (Å²) >= 11 is 0. The summed E-state index contributed by atoms with van der Waals surface area (Å²) < 4.78 is 7.57. The molecule has 1 aromatic heterocycles. The fourth-order valence-electron chi connectivity index (χ4n) is 4.02. The summed E-state index contributed by atoms with van der Waals surface area (Å²) in [5, 5.41) is 4.31. The third kappa shape index (κ3) is 4.36. The zero-order valence-corrected chi connectivity index (χ0v) is 17.2. The van der Waals surface area contributed by atoms with Crippen LogP contribution in [0.2, 0.25) is 0 Å². The Morgan fingerprint density at radius 3 is 2.48 bits per heavy atom. The number of morpholine rings is 1. The van der Waals surface area contributed by atoms with Gasteiger partial charge in [-0.05, 0) is 31.5 Å². The number of benzene rings is 2. The number of aromatic nitrogens is 1. The van der Waals surface area contributed by atoms with E-state index >= 15 is 0 Å². The SMILES string of the molecule is CC(C)(CNC(=O)Cn1c(-c2ccccc2)cc2ccccc21)N1CCOCC1. The molecule has 0 bridgehead atoms. The molecule has 2 aromatic carbocycles. The highest BCUT2D eigenvalue weighted by atomic mass is 16.5. The largest absolute Gasteiger partial charge is 0.379 e. The van der Waals surface area contributed by atoms with Gasteiger partial charge in [-0.25, -0.2) is 0 Å². The summed E-state index contributed by atoms with van der Waals surface area (Å²) in [5.74, 6) is 0.0323. The van der Waals surface area contributed by atoms with Gasteiger partial charge >= 0.3 is 0 Å². The molecule has 0 atom stereocenters. The summed E-state index contributed by atoms with van der Waals surface area (Å²) in [5.41, 5.74) is 3.16. The molecule has 1 N–H and O–H groups in total. The van der Waals surface area contributed by atoms with Crippen LogP contribution in [0.4, 0.5) is 0 Å². The molecule has 1 aliphatic heterocycles. The van der Waals surface area contributed by atoms with E-state index in [2.05, 4.69) is 59.0 Å². The molecular weight excluding hydrogens is 362 g/mol. The van der Waals surface area contributed by atoms with Crippen LogP contribution in [0.15, 0.2) is 60.7 Å². The Labute approximate surface area is 172 Å². The quantitative estimate of drug-likeness (QED) is 0.699. The van der Waals surface area contributed by atoms with Crippen molar-refractivity contribution in [3.05, 3.63) is 60.7 Å². The second kappa shape index (κ2) is 8.39. The molecular formula is C24H29N3O2. The number of ether oxygens (including phenoxy) is 1. The molecule has 0 unspecified atom stereocenters. The van der Waals surface area contributed by atoms with E-state index in [1.807, 2.05) is 30.3 Å². The molecule has 0 spiro atoms. The second-order valence-electron chi connectivity index (χ2n) is 8.23. The highest BCUT2D eigenvalue weighted by molar-refractivity contribution is 5.89. The van der Waals surface area contributed by atoms with E-state index in [9.17, 15) is 4.79 Å². The molecule has 0 saturated carbocycles. The summed E-state index contributed by atoms with van der Waals surface area (Å²) in [4.78, 5) is 15.3.